The second-order valence-electron chi connectivity index (χ2n) is 4.24. The Kier molecular flexibility index (Phi) is 3.83. The summed E-state index contributed by atoms with van der Waals surface area (Å²) in [7, 11) is 1.29. The lowest BCUT2D eigenvalue weighted by atomic mass is 10.2. The van der Waals surface area contributed by atoms with Crippen molar-refractivity contribution in [2.75, 3.05) is 7.11 Å². The summed E-state index contributed by atoms with van der Waals surface area (Å²) < 4.78 is 6.08. The van der Waals surface area contributed by atoms with Crippen LogP contribution in [0.5, 0.6) is 0 Å². The van der Waals surface area contributed by atoms with E-state index in [9.17, 15) is 4.79 Å². The lowest BCUT2D eigenvalue weighted by Crippen LogP contribution is -2.03. The standard InChI is InChI=1S/C14H12N4O2S/c1-20-13(19)12-16-14-15-7-11(8-18(14)17-12)21-9-10-5-3-2-4-6-10/h2-8H,9H2,1H3. The number of hydrogen-bond acceptors (Lipinski definition) is 6. The summed E-state index contributed by atoms with van der Waals surface area (Å²) in [6, 6.07) is 10.2. The second-order valence-corrected chi connectivity index (χ2v) is 5.28. The summed E-state index contributed by atoms with van der Waals surface area (Å²) in [5.74, 6) is 0.653. The van der Waals surface area contributed by atoms with Crippen molar-refractivity contribution in [3.05, 3.63) is 54.1 Å². The van der Waals surface area contributed by atoms with Gasteiger partial charge in [0.15, 0.2) is 0 Å². The third kappa shape index (κ3) is 3.03. The molecular formula is C14H12N4O2S. The summed E-state index contributed by atoms with van der Waals surface area (Å²) in [5, 5.41) is 4.05. The quantitative estimate of drug-likeness (QED) is 0.543. The van der Waals surface area contributed by atoms with Gasteiger partial charge in [0, 0.05) is 23.0 Å². The maximum absolute atomic E-state index is 11.4. The van der Waals surface area contributed by atoms with E-state index in [1.54, 1.807) is 24.2 Å². The van der Waals surface area contributed by atoms with E-state index >= 15 is 0 Å². The second kappa shape index (κ2) is 5.92. The molecule has 1 aromatic carbocycles. The van der Waals surface area contributed by atoms with E-state index in [4.69, 9.17) is 0 Å². The van der Waals surface area contributed by atoms with Crippen LogP contribution < -0.4 is 0 Å². The van der Waals surface area contributed by atoms with E-state index < -0.39 is 5.97 Å². The van der Waals surface area contributed by atoms with Crippen molar-refractivity contribution in [3.8, 4) is 0 Å². The van der Waals surface area contributed by atoms with Crippen LogP contribution in [0.1, 0.15) is 16.2 Å². The first-order valence-corrected chi connectivity index (χ1v) is 7.22. The molecule has 0 bridgehead atoms. The van der Waals surface area contributed by atoms with E-state index in [1.165, 1.54) is 17.2 Å². The lowest BCUT2D eigenvalue weighted by molar-refractivity contribution is 0.0587. The van der Waals surface area contributed by atoms with Crippen LogP contribution >= 0.6 is 11.8 Å². The van der Waals surface area contributed by atoms with Gasteiger partial charge in [-0.15, -0.1) is 16.9 Å². The Morgan fingerprint density at radius 2 is 2.14 bits per heavy atom. The fourth-order valence-electron chi connectivity index (χ4n) is 1.76. The Morgan fingerprint density at radius 3 is 2.90 bits per heavy atom. The summed E-state index contributed by atoms with van der Waals surface area (Å²) in [6.45, 7) is 0. The third-order valence-electron chi connectivity index (χ3n) is 2.79. The predicted molar refractivity (Wildman–Crippen MR) is 78.1 cm³/mol. The number of nitrogens with zero attached hydrogens (tertiary/aromatic N) is 4. The van der Waals surface area contributed by atoms with Crippen LogP contribution in [-0.2, 0) is 10.5 Å². The van der Waals surface area contributed by atoms with E-state index in [1.807, 2.05) is 18.2 Å². The van der Waals surface area contributed by atoms with Crippen LogP contribution in [0.15, 0.2) is 47.6 Å². The topological polar surface area (TPSA) is 69.4 Å². The average Bonchev–Trinajstić information content (AvgIpc) is 2.96. The molecule has 3 aromatic rings. The molecule has 6 nitrogen and oxygen atoms in total. The molecule has 7 heteroatoms. The zero-order valence-electron chi connectivity index (χ0n) is 11.3. The first-order chi connectivity index (χ1) is 10.3. The third-order valence-corrected chi connectivity index (χ3v) is 3.81. The number of hydrogen-bond donors (Lipinski definition) is 0. The number of aromatic nitrogens is 4. The number of esters is 1. The summed E-state index contributed by atoms with van der Waals surface area (Å²) in [5.41, 5.74) is 1.23. The van der Waals surface area contributed by atoms with Crippen molar-refractivity contribution in [2.24, 2.45) is 0 Å². The van der Waals surface area contributed by atoms with E-state index in [0.29, 0.717) is 5.78 Å². The lowest BCUT2D eigenvalue weighted by Gasteiger charge is -2.01. The molecule has 3 rings (SSSR count). The maximum atomic E-state index is 11.4. The van der Waals surface area contributed by atoms with Gasteiger partial charge < -0.3 is 4.74 Å². The minimum atomic E-state index is -0.570. The zero-order chi connectivity index (χ0) is 14.7. The molecular weight excluding hydrogens is 288 g/mol. The maximum Gasteiger partial charge on any atom is 0.378 e. The smallest absolute Gasteiger partial charge is 0.378 e. The Bertz CT molecular complexity index is 773. The molecule has 0 saturated heterocycles. The van der Waals surface area contributed by atoms with Crippen LogP contribution in [0.3, 0.4) is 0 Å². The minimum absolute atomic E-state index is 0.00945. The molecule has 106 valence electrons. The highest BCUT2D eigenvalue weighted by atomic mass is 32.2. The number of fused-ring (bicyclic) bond motifs is 1. The zero-order valence-corrected chi connectivity index (χ0v) is 12.1. The van der Waals surface area contributed by atoms with E-state index in [0.717, 1.165) is 10.6 Å². The Hall–Kier alpha value is -2.41. The van der Waals surface area contributed by atoms with Crippen LogP contribution in [-0.4, -0.2) is 32.7 Å². The highest BCUT2D eigenvalue weighted by molar-refractivity contribution is 7.98. The summed E-state index contributed by atoms with van der Waals surface area (Å²) in [4.78, 5) is 20.5. The summed E-state index contributed by atoms with van der Waals surface area (Å²) >= 11 is 1.64. The van der Waals surface area contributed by atoms with E-state index in [2.05, 4.69) is 31.9 Å². The van der Waals surface area contributed by atoms with Gasteiger partial charge in [-0.1, -0.05) is 30.3 Å². The van der Waals surface area contributed by atoms with E-state index in [-0.39, 0.29) is 5.82 Å². The molecule has 0 radical (unpaired) electrons. The van der Waals surface area contributed by atoms with Crippen LogP contribution in [0.25, 0.3) is 5.78 Å². The highest BCUT2D eigenvalue weighted by Crippen LogP contribution is 2.21. The van der Waals surface area contributed by atoms with Gasteiger partial charge in [-0.3, -0.25) is 0 Å². The number of rotatable bonds is 4. The molecule has 0 spiro atoms. The predicted octanol–water partition coefficient (Wildman–Crippen LogP) is 2.20. The van der Waals surface area contributed by atoms with Crippen molar-refractivity contribution in [1.29, 1.82) is 0 Å². The van der Waals surface area contributed by atoms with Crippen LogP contribution in [0.4, 0.5) is 0 Å². The minimum Gasteiger partial charge on any atom is -0.463 e. The molecule has 0 aliphatic heterocycles. The van der Waals surface area contributed by atoms with Gasteiger partial charge in [-0.25, -0.2) is 14.3 Å². The van der Waals surface area contributed by atoms with Gasteiger partial charge in [0.2, 0.25) is 0 Å². The van der Waals surface area contributed by atoms with Gasteiger partial charge >= 0.3 is 5.97 Å². The van der Waals surface area contributed by atoms with Gasteiger partial charge in [-0.2, -0.15) is 4.98 Å². The Labute approximate surface area is 125 Å². The molecule has 2 aromatic heterocycles. The molecule has 0 aliphatic carbocycles. The number of methoxy groups -OCH3 is 1. The van der Waals surface area contributed by atoms with Gasteiger partial charge in [0.25, 0.3) is 11.6 Å². The average molecular weight is 300 g/mol. The van der Waals surface area contributed by atoms with Gasteiger partial charge in [-0.05, 0) is 5.56 Å². The van der Waals surface area contributed by atoms with Crippen molar-refractivity contribution < 1.29 is 9.53 Å². The molecule has 0 N–H and O–H groups in total. The largest absolute Gasteiger partial charge is 0.463 e. The molecule has 0 saturated carbocycles. The molecule has 0 aliphatic rings. The molecule has 0 unspecified atom stereocenters. The normalized spacial score (nSPS) is 10.7. The molecule has 0 atom stereocenters. The van der Waals surface area contributed by atoms with Gasteiger partial charge in [0.05, 0.1) is 7.11 Å². The van der Waals surface area contributed by atoms with Crippen molar-refractivity contribution in [2.45, 2.75) is 10.6 Å². The van der Waals surface area contributed by atoms with Crippen LogP contribution in [0, 0.1) is 0 Å². The fraction of sp³-hybridized carbons (Fsp3) is 0.143. The Morgan fingerprint density at radius 1 is 1.33 bits per heavy atom. The SMILES string of the molecule is COC(=O)c1nc2ncc(SCc3ccccc3)cn2n1. The number of ether oxygens (including phenoxy) is 1. The summed E-state index contributed by atoms with van der Waals surface area (Å²) in [6.07, 6.45) is 3.52. The van der Waals surface area contributed by atoms with Gasteiger partial charge in [0.1, 0.15) is 0 Å². The number of carbonyl (C=O) groups is 1. The molecule has 21 heavy (non-hydrogen) atoms. The number of carbonyl (C=O) groups excluding carboxylic acids is 1. The highest BCUT2D eigenvalue weighted by Gasteiger charge is 2.13. The monoisotopic (exact) mass is 300 g/mol. The molecule has 0 amide bonds. The fourth-order valence-corrected chi connectivity index (χ4v) is 2.59. The number of benzene rings is 1. The Balaban J connectivity index is 1.79. The first-order valence-electron chi connectivity index (χ1n) is 6.24. The van der Waals surface area contributed by atoms with Crippen molar-refractivity contribution in [1.82, 2.24) is 19.6 Å². The first kappa shape index (κ1) is 13.6. The molecule has 0 fully saturated rings. The number of thioether (sulfide) groups is 1. The van der Waals surface area contributed by atoms with Crippen molar-refractivity contribution >= 4 is 23.5 Å². The molecule has 2 heterocycles. The van der Waals surface area contributed by atoms with Crippen molar-refractivity contribution in [3.63, 3.8) is 0 Å². The van der Waals surface area contributed by atoms with Crippen LogP contribution in [0.2, 0.25) is 0 Å².